The highest BCUT2D eigenvalue weighted by Crippen LogP contribution is 2.31. The summed E-state index contributed by atoms with van der Waals surface area (Å²) in [7, 11) is 1.38. The van der Waals surface area contributed by atoms with Crippen LogP contribution in [0.25, 0.3) is 0 Å². The zero-order chi connectivity index (χ0) is 21.9. The Balaban J connectivity index is 2.26. The Morgan fingerprint density at radius 2 is 1.45 bits per heavy atom. The van der Waals surface area contributed by atoms with E-state index in [-0.39, 0.29) is 24.1 Å². The van der Waals surface area contributed by atoms with Crippen molar-refractivity contribution < 1.29 is 18.8 Å². The lowest BCUT2D eigenvalue weighted by molar-refractivity contribution is -0.141. The zero-order valence-electron chi connectivity index (χ0n) is 19.0. The highest BCUT2D eigenvalue weighted by Gasteiger charge is 2.25. The molecule has 2 aromatic rings. The first-order chi connectivity index (χ1) is 13.6. The summed E-state index contributed by atoms with van der Waals surface area (Å²) in [5.41, 5.74) is 9.02. The molecule has 0 amide bonds. The van der Waals surface area contributed by atoms with Crippen LogP contribution in [0, 0.1) is 48.5 Å². The number of benzene rings is 1. The molecule has 0 radical (unpaired) electrons. The molecular formula is C24H33NO4. The second kappa shape index (κ2) is 9.38. The molecule has 0 N–H and O–H groups in total. The van der Waals surface area contributed by atoms with E-state index < -0.39 is 0 Å². The molecule has 158 valence electrons. The van der Waals surface area contributed by atoms with Gasteiger partial charge in [-0.05, 0) is 88.3 Å². The van der Waals surface area contributed by atoms with Gasteiger partial charge in [0.15, 0.2) is 0 Å². The third-order valence-electron chi connectivity index (χ3n) is 6.51. The van der Waals surface area contributed by atoms with Crippen molar-refractivity contribution in [1.82, 2.24) is 5.16 Å². The molecule has 29 heavy (non-hydrogen) atoms. The van der Waals surface area contributed by atoms with Gasteiger partial charge in [-0.1, -0.05) is 5.16 Å². The van der Waals surface area contributed by atoms with Crippen LogP contribution in [0.15, 0.2) is 4.52 Å². The molecule has 0 saturated carbocycles. The number of carbonyl (C=O) groups is 2. The number of hydrogen-bond acceptors (Lipinski definition) is 5. The van der Waals surface area contributed by atoms with E-state index in [4.69, 9.17) is 9.26 Å². The normalized spacial score (nSPS) is 12.1. The molecule has 0 bridgehead atoms. The fourth-order valence-electron chi connectivity index (χ4n) is 3.93. The number of ether oxygens (including phenoxy) is 1. The van der Waals surface area contributed by atoms with Crippen molar-refractivity contribution in [2.45, 2.75) is 80.1 Å². The largest absolute Gasteiger partial charge is 0.469 e. The van der Waals surface area contributed by atoms with E-state index in [1.807, 2.05) is 13.8 Å². The molecule has 0 aliphatic heterocycles. The van der Waals surface area contributed by atoms with Crippen molar-refractivity contribution >= 4 is 11.8 Å². The van der Waals surface area contributed by atoms with Crippen molar-refractivity contribution in [1.29, 1.82) is 0 Å². The third-order valence-corrected chi connectivity index (χ3v) is 6.51. The lowest BCUT2D eigenvalue weighted by atomic mass is 9.85. The standard InChI is InChI=1S/C24H33NO4/c1-13-14(2)16(4)22(17(5)15(13)3)12-21(26)11-20(9-10-23(27)28-8)24-18(6)19(7)29-25-24/h20H,9-12H2,1-8H3. The summed E-state index contributed by atoms with van der Waals surface area (Å²) in [6, 6.07) is 0. The van der Waals surface area contributed by atoms with Crippen molar-refractivity contribution in [3.8, 4) is 0 Å². The van der Waals surface area contributed by atoms with E-state index in [0.717, 1.165) is 22.6 Å². The first-order valence-electron chi connectivity index (χ1n) is 10.2. The summed E-state index contributed by atoms with van der Waals surface area (Å²) in [5.74, 6) is 0.449. The average Bonchev–Trinajstić information content (AvgIpc) is 3.03. The summed E-state index contributed by atoms with van der Waals surface area (Å²) in [6.45, 7) is 14.4. The molecule has 2 rings (SSSR count). The van der Waals surface area contributed by atoms with Gasteiger partial charge in [0.2, 0.25) is 0 Å². The number of esters is 1. The van der Waals surface area contributed by atoms with Gasteiger partial charge >= 0.3 is 5.97 Å². The van der Waals surface area contributed by atoms with Gasteiger partial charge in [0.1, 0.15) is 11.5 Å². The summed E-state index contributed by atoms with van der Waals surface area (Å²) < 4.78 is 10.1. The predicted octanol–water partition coefficient (Wildman–Crippen LogP) is 5.07. The van der Waals surface area contributed by atoms with E-state index in [9.17, 15) is 9.59 Å². The minimum Gasteiger partial charge on any atom is -0.469 e. The Bertz CT molecular complexity index is 894. The number of aromatic nitrogens is 1. The van der Waals surface area contributed by atoms with Crippen molar-refractivity contribution in [3.63, 3.8) is 0 Å². The Morgan fingerprint density at radius 1 is 0.897 bits per heavy atom. The maximum Gasteiger partial charge on any atom is 0.305 e. The second-order valence-corrected chi connectivity index (χ2v) is 8.08. The zero-order valence-corrected chi connectivity index (χ0v) is 19.0. The fourth-order valence-corrected chi connectivity index (χ4v) is 3.93. The Labute approximate surface area is 173 Å². The third kappa shape index (κ3) is 4.95. The maximum absolute atomic E-state index is 13.1. The number of ketones is 1. The molecule has 0 aliphatic carbocycles. The predicted molar refractivity (Wildman–Crippen MR) is 113 cm³/mol. The Hall–Kier alpha value is -2.43. The number of nitrogens with zero attached hydrogens (tertiary/aromatic N) is 1. The highest BCUT2D eigenvalue weighted by atomic mass is 16.5. The molecule has 0 fully saturated rings. The van der Waals surface area contributed by atoms with Crippen LogP contribution in [-0.4, -0.2) is 24.0 Å². The molecule has 0 spiro atoms. The first kappa shape index (κ1) is 22.9. The van der Waals surface area contributed by atoms with Crippen LogP contribution in [0.4, 0.5) is 0 Å². The number of aryl methyl sites for hydroxylation is 1. The van der Waals surface area contributed by atoms with E-state index in [1.165, 1.54) is 34.9 Å². The van der Waals surface area contributed by atoms with Gasteiger partial charge in [0.25, 0.3) is 0 Å². The molecule has 1 atom stereocenters. The molecule has 1 unspecified atom stereocenters. The van der Waals surface area contributed by atoms with Crippen LogP contribution in [0.2, 0.25) is 0 Å². The van der Waals surface area contributed by atoms with Gasteiger partial charge in [0.05, 0.1) is 12.8 Å². The molecule has 1 aromatic heterocycles. The van der Waals surface area contributed by atoms with Gasteiger partial charge in [0, 0.05) is 30.7 Å². The number of methoxy groups -OCH3 is 1. The summed E-state index contributed by atoms with van der Waals surface area (Å²) in [6.07, 6.45) is 1.48. The van der Waals surface area contributed by atoms with Crippen molar-refractivity contribution in [3.05, 3.63) is 50.4 Å². The number of hydrogen-bond donors (Lipinski definition) is 0. The van der Waals surface area contributed by atoms with Crippen LogP contribution in [0.1, 0.15) is 75.6 Å². The lowest BCUT2D eigenvalue weighted by Gasteiger charge is -2.19. The van der Waals surface area contributed by atoms with E-state index in [1.54, 1.807) is 0 Å². The minimum atomic E-state index is -0.281. The quantitative estimate of drug-likeness (QED) is 0.580. The van der Waals surface area contributed by atoms with Crippen molar-refractivity contribution in [2.24, 2.45) is 0 Å². The smallest absolute Gasteiger partial charge is 0.305 e. The molecule has 0 saturated heterocycles. The molecule has 0 aliphatic rings. The molecular weight excluding hydrogens is 366 g/mol. The van der Waals surface area contributed by atoms with Crippen molar-refractivity contribution in [2.75, 3.05) is 7.11 Å². The maximum atomic E-state index is 13.1. The van der Waals surface area contributed by atoms with Gasteiger partial charge < -0.3 is 9.26 Å². The van der Waals surface area contributed by atoms with E-state index >= 15 is 0 Å². The van der Waals surface area contributed by atoms with Gasteiger partial charge in [-0.2, -0.15) is 0 Å². The highest BCUT2D eigenvalue weighted by molar-refractivity contribution is 5.83. The van der Waals surface area contributed by atoms with Gasteiger partial charge in [-0.25, -0.2) is 0 Å². The molecule has 1 aromatic carbocycles. The average molecular weight is 400 g/mol. The molecule has 5 heteroatoms. The fraction of sp³-hybridized carbons (Fsp3) is 0.542. The van der Waals surface area contributed by atoms with Crippen LogP contribution in [-0.2, 0) is 20.7 Å². The number of Topliss-reactive ketones (excluding diaryl/α,β-unsaturated/α-hetero) is 1. The van der Waals surface area contributed by atoms with Gasteiger partial charge in [-0.15, -0.1) is 0 Å². The number of carbonyl (C=O) groups excluding carboxylic acids is 2. The van der Waals surface area contributed by atoms with Crippen LogP contribution < -0.4 is 0 Å². The second-order valence-electron chi connectivity index (χ2n) is 8.08. The summed E-state index contributed by atoms with van der Waals surface area (Å²) in [5, 5.41) is 4.18. The number of rotatable bonds is 8. The first-order valence-corrected chi connectivity index (χ1v) is 10.2. The topological polar surface area (TPSA) is 69.4 Å². The van der Waals surface area contributed by atoms with Gasteiger partial charge in [-0.3, -0.25) is 9.59 Å². The van der Waals surface area contributed by atoms with E-state index in [2.05, 4.69) is 39.8 Å². The monoisotopic (exact) mass is 399 g/mol. The van der Waals surface area contributed by atoms with E-state index in [0.29, 0.717) is 19.3 Å². The molecule has 1 heterocycles. The molecule has 5 nitrogen and oxygen atoms in total. The van der Waals surface area contributed by atoms with Crippen LogP contribution in [0.5, 0.6) is 0 Å². The Kier molecular flexibility index (Phi) is 7.39. The lowest BCUT2D eigenvalue weighted by Crippen LogP contribution is -2.15. The SMILES string of the molecule is COC(=O)CCC(CC(=O)Cc1c(C)c(C)c(C)c(C)c1C)c1noc(C)c1C. The van der Waals surface area contributed by atoms with Crippen LogP contribution in [0.3, 0.4) is 0 Å². The minimum absolute atomic E-state index is 0.147. The summed E-state index contributed by atoms with van der Waals surface area (Å²) in [4.78, 5) is 24.7. The Morgan fingerprint density at radius 3 is 1.93 bits per heavy atom. The van der Waals surface area contributed by atoms with Crippen LogP contribution >= 0.6 is 0 Å². The summed E-state index contributed by atoms with van der Waals surface area (Å²) >= 11 is 0.